The Morgan fingerprint density at radius 1 is 1.13 bits per heavy atom. The predicted molar refractivity (Wildman–Crippen MR) is 125 cm³/mol. The van der Waals surface area contributed by atoms with Gasteiger partial charge < -0.3 is 14.8 Å². The highest BCUT2D eigenvalue weighted by Crippen LogP contribution is 2.26. The fourth-order valence-corrected chi connectivity index (χ4v) is 4.05. The largest absolute Gasteiger partial charge is 0.497 e. The number of ether oxygens (including phenoxy) is 2. The third-order valence-corrected chi connectivity index (χ3v) is 5.33. The lowest BCUT2D eigenvalue weighted by molar-refractivity contribution is 0.0479. The Labute approximate surface area is 187 Å². The van der Waals surface area contributed by atoms with Crippen LogP contribution in [0.5, 0.6) is 5.75 Å². The Hall–Kier alpha value is -3.06. The zero-order valence-electron chi connectivity index (χ0n) is 18.6. The number of carbonyl (C=O) groups is 1. The van der Waals surface area contributed by atoms with Gasteiger partial charge in [0.25, 0.3) is 0 Å². The minimum absolute atomic E-state index is 0.319. The van der Waals surface area contributed by atoms with E-state index in [1.54, 1.807) is 7.11 Å². The molecular formula is C24H29N3O3S. The minimum atomic E-state index is -0.572. The number of thiazole rings is 1. The van der Waals surface area contributed by atoms with Crippen LogP contribution in [-0.2, 0) is 4.74 Å². The molecule has 0 aliphatic rings. The molecule has 0 saturated carbocycles. The fraction of sp³-hybridized carbons (Fsp3) is 0.333. The summed E-state index contributed by atoms with van der Waals surface area (Å²) in [4.78, 5) is 18.2. The summed E-state index contributed by atoms with van der Waals surface area (Å²) >= 11 is 1.53. The second-order valence-electron chi connectivity index (χ2n) is 8.02. The summed E-state index contributed by atoms with van der Waals surface area (Å²) in [6.45, 7) is 7.58. The molecule has 0 saturated heterocycles. The van der Waals surface area contributed by atoms with Crippen molar-refractivity contribution in [3.63, 3.8) is 0 Å². The minimum Gasteiger partial charge on any atom is -0.497 e. The Morgan fingerprint density at radius 2 is 1.81 bits per heavy atom. The van der Waals surface area contributed by atoms with Gasteiger partial charge in [0.1, 0.15) is 17.5 Å². The zero-order chi connectivity index (χ0) is 22.4. The summed E-state index contributed by atoms with van der Waals surface area (Å²) in [5.74, 6) is 0.790. The second-order valence-corrected chi connectivity index (χ2v) is 8.86. The van der Waals surface area contributed by atoms with Crippen LogP contribution in [0, 0.1) is 0 Å². The molecule has 0 fully saturated rings. The van der Waals surface area contributed by atoms with Crippen LogP contribution < -0.4 is 14.9 Å². The smallest absolute Gasteiger partial charge is 0.409 e. The first-order valence-electron chi connectivity index (χ1n) is 10.2. The first-order valence-corrected chi connectivity index (χ1v) is 11.1. The van der Waals surface area contributed by atoms with Crippen molar-refractivity contribution in [3.8, 4) is 17.0 Å². The number of para-hydroxylation sites is 1. The van der Waals surface area contributed by atoms with Gasteiger partial charge in [-0.2, -0.15) is 0 Å². The highest BCUT2D eigenvalue weighted by molar-refractivity contribution is 7.07. The molecule has 2 aromatic carbocycles. The number of hydrogen-bond acceptors (Lipinski definition) is 5. The van der Waals surface area contributed by atoms with E-state index in [9.17, 15) is 4.79 Å². The van der Waals surface area contributed by atoms with Gasteiger partial charge in [0.2, 0.25) is 0 Å². The van der Waals surface area contributed by atoms with Gasteiger partial charge in [-0.1, -0.05) is 25.1 Å². The molecule has 3 aromatic rings. The topological polar surface area (TPSA) is 64.8 Å². The van der Waals surface area contributed by atoms with E-state index in [-0.39, 0.29) is 6.17 Å². The average Bonchev–Trinajstić information content (AvgIpc) is 3.15. The van der Waals surface area contributed by atoms with Crippen molar-refractivity contribution in [2.24, 2.45) is 4.99 Å². The van der Waals surface area contributed by atoms with Gasteiger partial charge >= 0.3 is 6.09 Å². The van der Waals surface area contributed by atoms with Crippen LogP contribution in [0.4, 0.5) is 10.5 Å². The highest BCUT2D eigenvalue weighted by Gasteiger charge is 2.22. The number of benzene rings is 2. The van der Waals surface area contributed by atoms with Crippen molar-refractivity contribution >= 4 is 23.1 Å². The standard InChI is InChI=1S/C24H29N3O3S/c1-6-21(26-23(28)30-24(2,3)4)27-20(17-12-14-19(29-5)15-13-17)16-31-22(27)25-18-10-8-7-9-11-18/h7-16,21H,6H2,1-5H3,(H,26,28)/b25-22+. The maximum absolute atomic E-state index is 12.5. The van der Waals surface area contributed by atoms with Gasteiger partial charge in [0, 0.05) is 5.38 Å². The van der Waals surface area contributed by atoms with E-state index in [0.29, 0.717) is 6.42 Å². The molecular weight excluding hydrogens is 410 g/mol. The number of methoxy groups -OCH3 is 1. The summed E-state index contributed by atoms with van der Waals surface area (Å²) in [6, 6.07) is 17.6. The molecule has 164 valence electrons. The number of carbonyl (C=O) groups excluding carboxylic acids is 1. The molecule has 1 heterocycles. The van der Waals surface area contributed by atoms with Gasteiger partial charge in [-0.15, -0.1) is 11.3 Å². The predicted octanol–water partition coefficient (Wildman–Crippen LogP) is 5.89. The summed E-state index contributed by atoms with van der Waals surface area (Å²) in [5, 5.41) is 5.07. The van der Waals surface area contributed by atoms with E-state index in [1.165, 1.54) is 11.3 Å². The van der Waals surface area contributed by atoms with Crippen molar-refractivity contribution in [2.75, 3.05) is 7.11 Å². The zero-order valence-corrected chi connectivity index (χ0v) is 19.4. The van der Waals surface area contributed by atoms with Crippen molar-refractivity contribution in [1.82, 2.24) is 9.88 Å². The van der Waals surface area contributed by atoms with E-state index in [2.05, 4.69) is 15.3 Å². The number of aromatic nitrogens is 1. The van der Waals surface area contributed by atoms with Gasteiger partial charge in [-0.05, 0) is 69.2 Å². The molecule has 31 heavy (non-hydrogen) atoms. The normalized spacial score (nSPS) is 13.0. The lowest BCUT2D eigenvalue weighted by Gasteiger charge is -2.25. The SMILES string of the molecule is CCC(NC(=O)OC(C)(C)C)n1c(-c2ccc(OC)cc2)cs/c1=N/c1ccccc1. The molecule has 0 spiro atoms. The van der Waals surface area contributed by atoms with Crippen LogP contribution in [0.2, 0.25) is 0 Å². The van der Waals surface area contributed by atoms with Gasteiger partial charge in [0.05, 0.1) is 18.5 Å². The molecule has 0 bridgehead atoms. The molecule has 0 aliphatic carbocycles. The molecule has 1 atom stereocenters. The average molecular weight is 440 g/mol. The van der Waals surface area contributed by atoms with Crippen molar-refractivity contribution in [2.45, 2.75) is 45.9 Å². The fourth-order valence-electron chi connectivity index (χ4n) is 3.08. The summed E-state index contributed by atoms with van der Waals surface area (Å²) < 4.78 is 12.8. The van der Waals surface area contributed by atoms with Crippen molar-refractivity contribution < 1.29 is 14.3 Å². The quantitative estimate of drug-likeness (QED) is 0.521. The van der Waals surface area contributed by atoms with Crippen LogP contribution in [-0.4, -0.2) is 23.4 Å². The molecule has 0 aliphatic heterocycles. The number of rotatable bonds is 6. The van der Waals surface area contributed by atoms with Gasteiger partial charge in [0.15, 0.2) is 4.80 Å². The molecule has 6 nitrogen and oxygen atoms in total. The first kappa shape index (κ1) is 22.6. The number of nitrogens with zero attached hydrogens (tertiary/aromatic N) is 2. The molecule has 0 radical (unpaired) electrons. The number of hydrogen-bond donors (Lipinski definition) is 1. The second kappa shape index (κ2) is 9.83. The highest BCUT2D eigenvalue weighted by atomic mass is 32.1. The van der Waals surface area contributed by atoms with E-state index in [0.717, 1.165) is 27.5 Å². The third-order valence-electron chi connectivity index (χ3n) is 4.49. The van der Waals surface area contributed by atoms with Crippen molar-refractivity contribution in [1.29, 1.82) is 0 Å². The summed E-state index contributed by atoms with van der Waals surface area (Å²) in [5.41, 5.74) is 2.25. The first-order chi connectivity index (χ1) is 14.8. The lowest BCUT2D eigenvalue weighted by atomic mass is 10.1. The summed E-state index contributed by atoms with van der Waals surface area (Å²) in [7, 11) is 1.65. The molecule has 1 aromatic heterocycles. The van der Waals surface area contributed by atoms with Gasteiger partial charge in [-0.25, -0.2) is 9.79 Å². The van der Waals surface area contributed by atoms with Crippen LogP contribution >= 0.6 is 11.3 Å². The maximum Gasteiger partial charge on any atom is 0.409 e. The summed E-state index contributed by atoms with van der Waals surface area (Å²) in [6.07, 6.45) is -0.105. The Kier molecular flexibility index (Phi) is 7.17. The maximum atomic E-state index is 12.5. The monoisotopic (exact) mass is 439 g/mol. The van der Waals surface area contributed by atoms with E-state index >= 15 is 0 Å². The number of nitrogens with one attached hydrogen (secondary N) is 1. The van der Waals surface area contributed by atoms with E-state index in [1.807, 2.05) is 82.3 Å². The van der Waals surface area contributed by atoms with Crippen molar-refractivity contribution in [3.05, 3.63) is 64.8 Å². The van der Waals surface area contributed by atoms with Crippen LogP contribution in [0.3, 0.4) is 0 Å². The van der Waals surface area contributed by atoms with Gasteiger partial charge in [-0.3, -0.25) is 4.57 Å². The van der Waals surface area contributed by atoms with E-state index < -0.39 is 11.7 Å². The molecule has 7 heteroatoms. The molecule has 1 unspecified atom stereocenters. The molecule has 3 rings (SSSR count). The third kappa shape index (κ3) is 5.98. The number of amides is 1. The van der Waals surface area contributed by atoms with Crippen LogP contribution in [0.15, 0.2) is 65.0 Å². The van der Waals surface area contributed by atoms with Crippen LogP contribution in [0.25, 0.3) is 11.3 Å². The Balaban J connectivity index is 2.07. The van der Waals surface area contributed by atoms with E-state index in [4.69, 9.17) is 14.5 Å². The molecule has 1 N–H and O–H groups in total. The Morgan fingerprint density at radius 3 is 2.39 bits per heavy atom. The Bertz CT molecular complexity index is 1060. The molecule has 1 amide bonds. The van der Waals surface area contributed by atoms with Crippen LogP contribution in [0.1, 0.15) is 40.3 Å². The number of alkyl carbamates (subject to hydrolysis) is 1. The lowest BCUT2D eigenvalue weighted by Crippen LogP contribution is -2.39.